The van der Waals surface area contributed by atoms with E-state index in [-0.39, 0.29) is 11.7 Å². The Morgan fingerprint density at radius 2 is 1.69 bits per heavy atom. The summed E-state index contributed by atoms with van der Waals surface area (Å²) in [4.78, 5) is 26.4. The molecule has 0 unspecified atom stereocenters. The lowest BCUT2D eigenvalue weighted by Crippen LogP contribution is -2.33. The number of benzene rings is 1. The van der Waals surface area contributed by atoms with Crippen molar-refractivity contribution in [1.29, 1.82) is 0 Å². The van der Waals surface area contributed by atoms with Gasteiger partial charge in [-0.2, -0.15) is 0 Å². The molecular formula is C20H23FN4O. The minimum atomic E-state index is -0.329. The monoisotopic (exact) mass is 354 g/mol. The van der Waals surface area contributed by atoms with Crippen molar-refractivity contribution in [2.75, 3.05) is 31.1 Å². The summed E-state index contributed by atoms with van der Waals surface area (Å²) in [5.74, 6) is 0.449. The van der Waals surface area contributed by atoms with Crippen molar-refractivity contribution in [3.8, 4) is 0 Å². The SMILES string of the molecule is Cc1nc(N2CCCC2)nc2c1CCN(C(=O)c1ccc(F)cc1)CC2. The number of hydrogen-bond donors (Lipinski definition) is 0. The molecule has 0 bridgehead atoms. The molecule has 1 fully saturated rings. The van der Waals surface area contributed by atoms with Crippen molar-refractivity contribution in [2.24, 2.45) is 0 Å². The summed E-state index contributed by atoms with van der Waals surface area (Å²) in [6, 6.07) is 5.76. The first-order chi connectivity index (χ1) is 12.6. The lowest BCUT2D eigenvalue weighted by Gasteiger charge is -2.20. The van der Waals surface area contributed by atoms with E-state index < -0.39 is 0 Å². The predicted octanol–water partition coefficient (Wildman–Crippen LogP) is 2.77. The topological polar surface area (TPSA) is 49.3 Å². The Kier molecular flexibility index (Phi) is 4.57. The number of hydrogen-bond acceptors (Lipinski definition) is 4. The summed E-state index contributed by atoms with van der Waals surface area (Å²) in [6.07, 6.45) is 3.87. The van der Waals surface area contributed by atoms with E-state index in [0.29, 0.717) is 18.7 Å². The molecule has 2 aromatic rings. The van der Waals surface area contributed by atoms with E-state index in [1.54, 1.807) is 12.1 Å². The summed E-state index contributed by atoms with van der Waals surface area (Å²) in [5, 5.41) is 0. The van der Waals surface area contributed by atoms with Crippen molar-refractivity contribution >= 4 is 11.9 Å². The Balaban J connectivity index is 1.54. The average Bonchev–Trinajstić information content (AvgIpc) is 3.09. The van der Waals surface area contributed by atoms with Gasteiger partial charge >= 0.3 is 0 Å². The molecule has 0 radical (unpaired) electrons. The van der Waals surface area contributed by atoms with E-state index in [0.717, 1.165) is 43.3 Å². The van der Waals surface area contributed by atoms with Crippen molar-refractivity contribution in [3.05, 3.63) is 52.6 Å². The number of amides is 1. The Hall–Kier alpha value is -2.50. The van der Waals surface area contributed by atoms with Crippen LogP contribution in [-0.4, -0.2) is 47.0 Å². The van der Waals surface area contributed by atoms with Gasteiger partial charge in [-0.1, -0.05) is 0 Å². The summed E-state index contributed by atoms with van der Waals surface area (Å²) in [5.41, 5.74) is 3.78. The molecule has 0 N–H and O–H groups in total. The van der Waals surface area contributed by atoms with Crippen LogP contribution in [0.15, 0.2) is 24.3 Å². The fourth-order valence-electron chi connectivity index (χ4n) is 3.81. The molecule has 6 heteroatoms. The van der Waals surface area contributed by atoms with Crippen LogP contribution in [-0.2, 0) is 12.8 Å². The minimum Gasteiger partial charge on any atom is -0.341 e. The van der Waals surface area contributed by atoms with Crippen molar-refractivity contribution in [2.45, 2.75) is 32.6 Å². The number of aromatic nitrogens is 2. The second-order valence-corrected chi connectivity index (χ2v) is 7.03. The lowest BCUT2D eigenvalue weighted by atomic mass is 10.1. The highest BCUT2D eigenvalue weighted by atomic mass is 19.1. The maximum absolute atomic E-state index is 13.1. The second kappa shape index (κ2) is 7.02. The van der Waals surface area contributed by atoms with Crippen LogP contribution in [0.2, 0.25) is 0 Å². The maximum atomic E-state index is 13.1. The normalized spacial score (nSPS) is 17.2. The molecular weight excluding hydrogens is 331 g/mol. The smallest absolute Gasteiger partial charge is 0.253 e. The van der Waals surface area contributed by atoms with E-state index in [2.05, 4.69) is 4.90 Å². The molecule has 136 valence electrons. The molecule has 0 spiro atoms. The number of halogens is 1. The van der Waals surface area contributed by atoms with E-state index in [1.165, 1.54) is 30.5 Å². The lowest BCUT2D eigenvalue weighted by molar-refractivity contribution is 0.0763. The molecule has 4 rings (SSSR count). The van der Waals surface area contributed by atoms with Crippen LogP contribution in [0.5, 0.6) is 0 Å². The molecule has 2 aliphatic heterocycles. The second-order valence-electron chi connectivity index (χ2n) is 7.03. The van der Waals surface area contributed by atoms with E-state index in [1.807, 2.05) is 11.8 Å². The van der Waals surface area contributed by atoms with Crippen LogP contribution in [0.25, 0.3) is 0 Å². The van der Waals surface area contributed by atoms with Gasteiger partial charge in [-0.05, 0) is 56.0 Å². The van der Waals surface area contributed by atoms with E-state index in [4.69, 9.17) is 9.97 Å². The molecule has 1 amide bonds. The number of fused-ring (bicyclic) bond motifs is 1. The maximum Gasteiger partial charge on any atom is 0.253 e. The standard InChI is InChI=1S/C20H23FN4O/c1-14-17-8-12-24(19(26)15-4-6-16(21)7-5-15)13-9-18(17)23-20(22-14)25-10-2-3-11-25/h4-7H,2-3,8-13H2,1H3. The number of rotatable bonds is 2. The first-order valence-corrected chi connectivity index (χ1v) is 9.28. The summed E-state index contributed by atoms with van der Waals surface area (Å²) < 4.78 is 13.1. The third kappa shape index (κ3) is 3.28. The zero-order valence-corrected chi connectivity index (χ0v) is 15.0. The minimum absolute atomic E-state index is 0.0526. The van der Waals surface area contributed by atoms with Crippen LogP contribution in [0.3, 0.4) is 0 Å². The fourth-order valence-corrected chi connectivity index (χ4v) is 3.81. The molecule has 3 heterocycles. The average molecular weight is 354 g/mol. The number of carbonyl (C=O) groups excluding carboxylic acids is 1. The molecule has 1 aromatic carbocycles. The van der Waals surface area contributed by atoms with Gasteiger partial charge in [0.15, 0.2) is 0 Å². The summed E-state index contributed by atoms with van der Waals surface area (Å²) in [6.45, 7) is 5.34. The molecule has 0 saturated carbocycles. The highest BCUT2D eigenvalue weighted by Gasteiger charge is 2.24. The highest BCUT2D eigenvalue weighted by molar-refractivity contribution is 5.94. The summed E-state index contributed by atoms with van der Waals surface area (Å²) in [7, 11) is 0. The Labute approximate surface area is 152 Å². The van der Waals surface area contributed by atoms with Gasteiger partial charge in [0.2, 0.25) is 5.95 Å². The zero-order valence-electron chi connectivity index (χ0n) is 15.0. The zero-order chi connectivity index (χ0) is 18.1. The van der Waals surface area contributed by atoms with Gasteiger partial charge in [0, 0.05) is 43.9 Å². The molecule has 0 atom stereocenters. The molecule has 0 aliphatic carbocycles. The molecule has 5 nitrogen and oxygen atoms in total. The first-order valence-electron chi connectivity index (χ1n) is 9.28. The molecule has 2 aliphatic rings. The Morgan fingerprint density at radius 1 is 1.00 bits per heavy atom. The van der Waals surface area contributed by atoms with Crippen molar-refractivity contribution in [1.82, 2.24) is 14.9 Å². The van der Waals surface area contributed by atoms with Gasteiger partial charge in [0.1, 0.15) is 5.82 Å². The third-order valence-corrected chi connectivity index (χ3v) is 5.31. The van der Waals surface area contributed by atoms with Gasteiger partial charge in [-0.25, -0.2) is 14.4 Å². The first kappa shape index (κ1) is 16.9. The van der Waals surface area contributed by atoms with Gasteiger partial charge in [0.05, 0.1) is 5.69 Å². The largest absolute Gasteiger partial charge is 0.341 e. The van der Waals surface area contributed by atoms with E-state index >= 15 is 0 Å². The molecule has 1 saturated heterocycles. The number of carbonyl (C=O) groups is 1. The number of aryl methyl sites for hydroxylation is 1. The van der Waals surface area contributed by atoms with Crippen molar-refractivity contribution in [3.63, 3.8) is 0 Å². The van der Waals surface area contributed by atoms with Crippen LogP contribution in [0.4, 0.5) is 10.3 Å². The van der Waals surface area contributed by atoms with Crippen LogP contribution in [0, 0.1) is 12.7 Å². The van der Waals surface area contributed by atoms with Gasteiger partial charge in [0.25, 0.3) is 5.91 Å². The van der Waals surface area contributed by atoms with E-state index in [9.17, 15) is 9.18 Å². The van der Waals surface area contributed by atoms with Gasteiger partial charge in [-0.15, -0.1) is 0 Å². The number of nitrogens with zero attached hydrogens (tertiary/aromatic N) is 4. The fraction of sp³-hybridized carbons (Fsp3) is 0.450. The van der Waals surface area contributed by atoms with Crippen molar-refractivity contribution < 1.29 is 9.18 Å². The van der Waals surface area contributed by atoms with Crippen LogP contribution in [0.1, 0.15) is 40.2 Å². The Morgan fingerprint density at radius 3 is 2.42 bits per heavy atom. The van der Waals surface area contributed by atoms with Crippen LogP contribution < -0.4 is 4.90 Å². The quantitative estimate of drug-likeness (QED) is 0.832. The van der Waals surface area contributed by atoms with Crippen LogP contribution >= 0.6 is 0 Å². The molecule has 1 aromatic heterocycles. The summed E-state index contributed by atoms with van der Waals surface area (Å²) >= 11 is 0. The molecule has 26 heavy (non-hydrogen) atoms. The van der Waals surface area contributed by atoms with Gasteiger partial charge < -0.3 is 9.80 Å². The number of anilines is 1. The third-order valence-electron chi connectivity index (χ3n) is 5.31. The Bertz CT molecular complexity index is 815. The van der Waals surface area contributed by atoms with Gasteiger partial charge in [-0.3, -0.25) is 4.79 Å². The highest BCUT2D eigenvalue weighted by Crippen LogP contribution is 2.23. The predicted molar refractivity (Wildman–Crippen MR) is 97.9 cm³/mol.